The maximum atomic E-state index is 11.3. The summed E-state index contributed by atoms with van der Waals surface area (Å²) in [6.45, 7) is 1.33. The van der Waals surface area contributed by atoms with Crippen LogP contribution in [0.15, 0.2) is 18.2 Å². The Morgan fingerprint density at radius 2 is 2.25 bits per heavy atom. The van der Waals surface area contributed by atoms with Crippen molar-refractivity contribution in [1.82, 2.24) is 4.72 Å². The van der Waals surface area contributed by atoms with Crippen LogP contribution in [0.25, 0.3) is 0 Å². The summed E-state index contributed by atoms with van der Waals surface area (Å²) >= 11 is 5.99. The van der Waals surface area contributed by atoms with E-state index in [0.29, 0.717) is 17.1 Å². The molecule has 0 aromatic heterocycles. The fourth-order valence-corrected chi connectivity index (χ4v) is 3.42. The molecule has 1 atom stereocenters. The minimum atomic E-state index is -3.22. The zero-order valence-electron chi connectivity index (χ0n) is 11.1. The molecular weight excluding hydrogens is 298 g/mol. The second-order valence-corrected chi connectivity index (χ2v) is 7.16. The summed E-state index contributed by atoms with van der Waals surface area (Å²) < 4.78 is 25.3. The quantitative estimate of drug-likeness (QED) is 0.922. The summed E-state index contributed by atoms with van der Waals surface area (Å²) in [5.41, 5.74) is 1.31. The van der Waals surface area contributed by atoms with Crippen LogP contribution < -0.4 is 9.62 Å². The standard InChI is InChI=1S/C13H16ClN3O2S/c1-20(18,19)16-12-3-2-6-17(9-12)13-7-11(14)5-4-10(13)8-15/h4-5,7,12,16H,2-3,6,9H2,1H3/t12-/m1/s1. The van der Waals surface area contributed by atoms with Gasteiger partial charge in [0.05, 0.1) is 17.5 Å². The van der Waals surface area contributed by atoms with Crippen LogP contribution >= 0.6 is 11.6 Å². The third-order valence-corrected chi connectivity index (χ3v) is 4.22. The molecular formula is C13H16ClN3O2S. The normalized spacial score (nSPS) is 19.6. The van der Waals surface area contributed by atoms with Gasteiger partial charge in [0.2, 0.25) is 10.0 Å². The van der Waals surface area contributed by atoms with Gasteiger partial charge in [0.1, 0.15) is 6.07 Å². The Morgan fingerprint density at radius 1 is 1.50 bits per heavy atom. The molecule has 1 heterocycles. The van der Waals surface area contributed by atoms with Gasteiger partial charge in [-0.3, -0.25) is 0 Å². The first-order valence-electron chi connectivity index (χ1n) is 6.31. The predicted octanol–water partition coefficient (Wildman–Crippen LogP) is 1.73. The van der Waals surface area contributed by atoms with E-state index >= 15 is 0 Å². The number of nitriles is 1. The highest BCUT2D eigenvalue weighted by atomic mass is 35.5. The number of rotatable bonds is 3. The number of anilines is 1. The van der Waals surface area contributed by atoms with Crippen LogP contribution in [0.2, 0.25) is 5.02 Å². The van der Waals surface area contributed by atoms with E-state index in [1.54, 1.807) is 18.2 Å². The number of hydrogen-bond acceptors (Lipinski definition) is 4. The number of halogens is 1. The van der Waals surface area contributed by atoms with Crippen molar-refractivity contribution < 1.29 is 8.42 Å². The molecule has 1 aromatic carbocycles. The van der Waals surface area contributed by atoms with Gasteiger partial charge in [0, 0.05) is 24.2 Å². The zero-order valence-corrected chi connectivity index (χ0v) is 12.7. The third-order valence-electron chi connectivity index (χ3n) is 3.22. The van der Waals surface area contributed by atoms with Gasteiger partial charge in [0.25, 0.3) is 0 Å². The van der Waals surface area contributed by atoms with E-state index in [0.717, 1.165) is 31.3 Å². The molecule has 0 unspecified atom stereocenters. The van der Waals surface area contributed by atoms with Gasteiger partial charge in [-0.15, -0.1) is 0 Å². The zero-order chi connectivity index (χ0) is 14.8. The Labute approximate surface area is 124 Å². The van der Waals surface area contributed by atoms with Crippen molar-refractivity contribution in [1.29, 1.82) is 5.26 Å². The smallest absolute Gasteiger partial charge is 0.209 e. The molecule has 0 aliphatic carbocycles. The molecule has 7 heteroatoms. The second-order valence-electron chi connectivity index (χ2n) is 4.95. The van der Waals surface area contributed by atoms with Crippen molar-refractivity contribution in [2.24, 2.45) is 0 Å². The molecule has 108 valence electrons. The third kappa shape index (κ3) is 3.85. The molecule has 1 aliphatic heterocycles. The summed E-state index contributed by atoms with van der Waals surface area (Å²) in [5.74, 6) is 0. The Bertz CT molecular complexity index is 640. The van der Waals surface area contributed by atoms with Gasteiger partial charge < -0.3 is 4.90 Å². The van der Waals surface area contributed by atoms with Crippen LogP contribution in [0, 0.1) is 11.3 Å². The fourth-order valence-electron chi connectivity index (χ4n) is 2.46. The van der Waals surface area contributed by atoms with Crippen molar-refractivity contribution in [3.63, 3.8) is 0 Å². The maximum absolute atomic E-state index is 11.3. The first-order valence-corrected chi connectivity index (χ1v) is 8.58. The monoisotopic (exact) mass is 313 g/mol. The number of benzene rings is 1. The lowest BCUT2D eigenvalue weighted by atomic mass is 10.0. The number of nitrogens with zero attached hydrogens (tertiary/aromatic N) is 2. The fraction of sp³-hybridized carbons (Fsp3) is 0.462. The summed E-state index contributed by atoms with van der Waals surface area (Å²) in [5, 5.41) is 9.73. The summed E-state index contributed by atoms with van der Waals surface area (Å²) in [7, 11) is -3.22. The Hall–Kier alpha value is -1.29. The highest BCUT2D eigenvalue weighted by Gasteiger charge is 2.24. The second kappa shape index (κ2) is 6.00. The molecule has 0 spiro atoms. The molecule has 1 saturated heterocycles. The summed E-state index contributed by atoms with van der Waals surface area (Å²) in [4.78, 5) is 2.01. The lowest BCUT2D eigenvalue weighted by Gasteiger charge is -2.34. The van der Waals surface area contributed by atoms with Crippen molar-refractivity contribution >= 4 is 27.3 Å². The van der Waals surface area contributed by atoms with E-state index in [1.165, 1.54) is 0 Å². The predicted molar refractivity (Wildman–Crippen MR) is 79.4 cm³/mol. The van der Waals surface area contributed by atoms with Crippen molar-refractivity contribution in [3.05, 3.63) is 28.8 Å². The molecule has 0 bridgehead atoms. The van der Waals surface area contributed by atoms with E-state index in [-0.39, 0.29) is 6.04 Å². The van der Waals surface area contributed by atoms with E-state index < -0.39 is 10.0 Å². The van der Waals surface area contributed by atoms with Crippen LogP contribution in [-0.4, -0.2) is 33.8 Å². The highest BCUT2D eigenvalue weighted by Crippen LogP contribution is 2.27. The average molecular weight is 314 g/mol. The first-order chi connectivity index (χ1) is 9.39. The lowest BCUT2D eigenvalue weighted by molar-refractivity contribution is 0.467. The number of sulfonamides is 1. The van der Waals surface area contributed by atoms with Crippen LogP contribution in [0.4, 0.5) is 5.69 Å². The number of nitrogens with one attached hydrogen (secondary N) is 1. The summed E-state index contributed by atoms with van der Waals surface area (Å²) in [6, 6.07) is 7.13. The lowest BCUT2D eigenvalue weighted by Crippen LogP contribution is -2.47. The van der Waals surface area contributed by atoms with Crippen molar-refractivity contribution in [2.75, 3.05) is 24.2 Å². The van der Waals surface area contributed by atoms with E-state index in [9.17, 15) is 8.42 Å². The molecule has 1 fully saturated rings. The van der Waals surface area contributed by atoms with Gasteiger partial charge >= 0.3 is 0 Å². The van der Waals surface area contributed by atoms with E-state index in [2.05, 4.69) is 10.8 Å². The van der Waals surface area contributed by atoms with Crippen LogP contribution in [-0.2, 0) is 10.0 Å². The Morgan fingerprint density at radius 3 is 2.90 bits per heavy atom. The molecule has 0 amide bonds. The van der Waals surface area contributed by atoms with Gasteiger partial charge in [-0.05, 0) is 31.0 Å². The van der Waals surface area contributed by atoms with Crippen molar-refractivity contribution in [3.8, 4) is 6.07 Å². The Balaban J connectivity index is 2.21. The minimum absolute atomic E-state index is 0.135. The molecule has 1 N–H and O–H groups in total. The molecule has 20 heavy (non-hydrogen) atoms. The van der Waals surface area contributed by atoms with Crippen molar-refractivity contribution in [2.45, 2.75) is 18.9 Å². The molecule has 0 saturated carbocycles. The molecule has 1 aromatic rings. The maximum Gasteiger partial charge on any atom is 0.209 e. The van der Waals surface area contributed by atoms with Crippen LogP contribution in [0.5, 0.6) is 0 Å². The topological polar surface area (TPSA) is 73.2 Å². The minimum Gasteiger partial charge on any atom is -0.369 e. The molecule has 2 rings (SSSR count). The first kappa shape index (κ1) is 15.1. The van der Waals surface area contributed by atoms with Gasteiger partial charge in [-0.25, -0.2) is 13.1 Å². The summed E-state index contributed by atoms with van der Waals surface area (Å²) in [6.07, 6.45) is 2.82. The van der Waals surface area contributed by atoms with Crippen LogP contribution in [0.3, 0.4) is 0 Å². The van der Waals surface area contributed by atoms with Gasteiger partial charge in [0.15, 0.2) is 0 Å². The molecule has 0 radical (unpaired) electrons. The average Bonchev–Trinajstić information content (AvgIpc) is 2.37. The van der Waals surface area contributed by atoms with E-state index in [1.807, 2.05) is 4.90 Å². The molecule has 1 aliphatic rings. The highest BCUT2D eigenvalue weighted by molar-refractivity contribution is 7.88. The number of hydrogen-bond donors (Lipinski definition) is 1. The largest absolute Gasteiger partial charge is 0.369 e. The van der Waals surface area contributed by atoms with E-state index in [4.69, 9.17) is 16.9 Å². The Kier molecular flexibility index (Phi) is 4.53. The van der Waals surface area contributed by atoms with Gasteiger partial charge in [-0.2, -0.15) is 5.26 Å². The van der Waals surface area contributed by atoms with Gasteiger partial charge in [-0.1, -0.05) is 11.6 Å². The number of piperidine rings is 1. The van der Waals surface area contributed by atoms with Crippen LogP contribution in [0.1, 0.15) is 18.4 Å². The SMILES string of the molecule is CS(=O)(=O)N[C@@H]1CCCN(c2cc(Cl)ccc2C#N)C1. The molecule has 5 nitrogen and oxygen atoms in total.